The van der Waals surface area contributed by atoms with Crippen molar-refractivity contribution in [3.8, 4) is 5.75 Å². The second-order valence-electron chi connectivity index (χ2n) is 7.33. The number of halogens is 1. The first-order valence-corrected chi connectivity index (χ1v) is 8.99. The zero-order valence-electron chi connectivity index (χ0n) is 14.2. The number of hydrogen-bond donors (Lipinski definition) is 0. The van der Waals surface area contributed by atoms with Gasteiger partial charge in [-0.1, -0.05) is 0 Å². The highest BCUT2D eigenvalue weighted by molar-refractivity contribution is 5.39. The van der Waals surface area contributed by atoms with Crippen LogP contribution in [0.5, 0.6) is 5.75 Å². The highest BCUT2D eigenvalue weighted by Crippen LogP contribution is 2.48. The van der Waals surface area contributed by atoms with Crippen LogP contribution < -0.4 is 4.74 Å². The number of fused-ring (bicyclic) bond motifs is 3. The van der Waals surface area contributed by atoms with Gasteiger partial charge in [-0.2, -0.15) is 0 Å². The van der Waals surface area contributed by atoms with Crippen molar-refractivity contribution in [2.75, 3.05) is 46.6 Å². The number of hydrogen-bond acceptors (Lipinski definition) is 4. The van der Waals surface area contributed by atoms with E-state index in [9.17, 15) is 4.39 Å². The number of rotatable bonds is 4. The number of ether oxygens (including phenoxy) is 3. The fraction of sp³-hybridized carbons (Fsp3) is 0.684. The quantitative estimate of drug-likeness (QED) is 0.847. The van der Waals surface area contributed by atoms with E-state index in [0.29, 0.717) is 24.4 Å². The Labute approximate surface area is 142 Å². The maximum Gasteiger partial charge on any atom is 0.124 e. The maximum atomic E-state index is 13.9. The molecule has 2 fully saturated rings. The summed E-state index contributed by atoms with van der Waals surface area (Å²) in [5.41, 5.74) is 1.01. The minimum Gasteiger partial charge on any atom is -0.493 e. The molecular weight excluding hydrogens is 309 g/mol. The summed E-state index contributed by atoms with van der Waals surface area (Å²) in [6.45, 7) is 5.21. The molecule has 0 N–H and O–H groups in total. The van der Waals surface area contributed by atoms with Crippen LogP contribution in [0.1, 0.15) is 24.4 Å². The Morgan fingerprint density at radius 1 is 1.29 bits per heavy atom. The van der Waals surface area contributed by atoms with Gasteiger partial charge in [0.1, 0.15) is 11.6 Å². The first kappa shape index (κ1) is 16.3. The summed E-state index contributed by atoms with van der Waals surface area (Å²) in [7, 11) is 1.76. The summed E-state index contributed by atoms with van der Waals surface area (Å²) >= 11 is 0. The topological polar surface area (TPSA) is 30.9 Å². The van der Waals surface area contributed by atoms with Gasteiger partial charge in [-0.3, -0.25) is 4.90 Å². The molecule has 0 saturated carbocycles. The molecule has 0 spiro atoms. The Bertz CT molecular complexity index is 576. The van der Waals surface area contributed by atoms with Gasteiger partial charge in [0.15, 0.2) is 0 Å². The molecule has 3 aliphatic heterocycles. The predicted octanol–water partition coefficient (Wildman–Crippen LogP) is 2.88. The van der Waals surface area contributed by atoms with Gasteiger partial charge in [-0.15, -0.1) is 0 Å². The summed E-state index contributed by atoms with van der Waals surface area (Å²) in [6.07, 6.45) is 2.24. The first-order chi connectivity index (χ1) is 11.8. The van der Waals surface area contributed by atoms with Crippen LogP contribution in [0.2, 0.25) is 0 Å². The van der Waals surface area contributed by atoms with E-state index in [4.69, 9.17) is 14.2 Å². The molecule has 0 aromatic heterocycles. The third-order valence-corrected chi connectivity index (χ3v) is 5.81. The standard InChI is InChI=1S/C19H26FNO3/c1-22-11-14-10-21(9-13-4-6-23-7-5-13)19-16-8-15(20)2-3-18(16)24-12-17(14)19/h2-3,8,13-14,17,19H,4-7,9-12H2,1H3/t14-,17-,19-/m0/s1. The monoisotopic (exact) mass is 335 g/mol. The molecule has 5 heteroatoms. The summed E-state index contributed by atoms with van der Waals surface area (Å²) in [5, 5.41) is 0. The van der Waals surface area contributed by atoms with E-state index < -0.39 is 0 Å². The van der Waals surface area contributed by atoms with Gasteiger partial charge in [0, 0.05) is 56.9 Å². The fourth-order valence-electron chi connectivity index (χ4n) is 4.64. The lowest BCUT2D eigenvalue weighted by molar-refractivity contribution is 0.0456. The molecule has 0 bridgehead atoms. The molecule has 0 amide bonds. The average molecular weight is 335 g/mol. The Hall–Kier alpha value is -1.17. The highest BCUT2D eigenvalue weighted by Gasteiger charge is 2.46. The van der Waals surface area contributed by atoms with Crippen molar-refractivity contribution in [1.82, 2.24) is 4.90 Å². The first-order valence-electron chi connectivity index (χ1n) is 8.99. The van der Waals surface area contributed by atoms with Gasteiger partial charge in [0.2, 0.25) is 0 Å². The Morgan fingerprint density at radius 2 is 2.12 bits per heavy atom. The molecule has 2 saturated heterocycles. The zero-order valence-corrected chi connectivity index (χ0v) is 14.2. The summed E-state index contributed by atoms with van der Waals surface area (Å²) in [6, 6.07) is 5.17. The van der Waals surface area contributed by atoms with Crippen LogP contribution in [0.25, 0.3) is 0 Å². The highest BCUT2D eigenvalue weighted by atomic mass is 19.1. The smallest absolute Gasteiger partial charge is 0.124 e. The Morgan fingerprint density at radius 3 is 2.92 bits per heavy atom. The molecule has 4 nitrogen and oxygen atoms in total. The van der Waals surface area contributed by atoms with Crippen LogP contribution in [0, 0.1) is 23.6 Å². The number of benzene rings is 1. The van der Waals surface area contributed by atoms with Crippen molar-refractivity contribution in [1.29, 1.82) is 0 Å². The van der Waals surface area contributed by atoms with Gasteiger partial charge in [-0.05, 0) is 37.0 Å². The van der Waals surface area contributed by atoms with E-state index in [0.717, 1.165) is 57.1 Å². The SMILES string of the molecule is COC[C@@H]1CN(CC2CCOCC2)[C@H]2c3cc(F)ccc3OC[C@@H]12. The van der Waals surface area contributed by atoms with E-state index in [1.165, 1.54) is 6.07 Å². The van der Waals surface area contributed by atoms with Gasteiger partial charge in [-0.25, -0.2) is 4.39 Å². The second-order valence-corrected chi connectivity index (χ2v) is 7.33. The molecule has 132 valence electrons. The van der Waals surface area contributed by atoms with E-state index in [2.05, 4.69) is 4.90 Å². The molecule has 0 aliphatic carbocycles. The van der Waals surface area contributed by atoms with Crippen molar-refractivity contribution in [2.24, 2.45) is 17.8 Å². The molecule has 24 heavy (non-hydrogen) atoms. The normalized spacial score (nSPS) is 30.7. The molecular formula is C19H26FNO3. The summed E-state index contributed by atoms with van der Waals surface area (Å²) < 4.78 is 30.7. The van der Waals surface area contributed by atoms with Crippen molar-refractivity contribution < 1.29 is 18.6 Å². The third-order valence-electron chi connectivity index (χ3n) is 5.81. The van der Waals surface area contributed by atoms with Crippen molar-refractivity contribution in [2.45, 2.75) is 18.9 Å². The maximum absolute atomic E-state index is 13.9. The lowest BCUT2D eigenvalue weighted by atomic mass is 9.85. The molecule has 4 rings (SSSR count). The lowest BCUT2D eigenvalue weighted by Gasteiger charge is -2.36. The summed E-state index contributed by atoms with van der Waals surface area (Å²) in [4.78, 5) is 2.55. The van der Waals surface area contributed by atoms with E-state index >= 15 is 0 Å². The van der Waals surface area contributed by atoms with E-state index in [1.54, 1.807) is 19.2 Å². The van der Waals surface area contributed by atoms with Gasteiger partial charge in [0.05, 0.1) is 13.2 Å². The van der Waals surface area contributed by atoms with Gasteiger partial charge in [0.25, 0.3) is 0 Å². The molecule has 3 aliphatic rings. The molecule has 3 heterocycles. The molecule has 0 radical (unpaired) electrons. The molecule has 1 aromatic rings. The molecule has 3 atom stereocenters. The van der Waals surface area contributed by atoms with Crippen LogP contribution in [0.4, 0.5) is 4.39 Å². The summed E-state index contributed by atoms with van der Waals surface area (Å²) in [5.74, 6) is 2.14. The van der Waals surface area contributed by atoms with Crippen molar-refractivity contribution in [3.63, 3.8) is 0 Å². The average Bonchev–Trinajstić information content (AvgIpc) is 2.94. The van der Waals surface area contributed by atoms with Gasteiger partial charge >= 0.3 is 0 Å². The fourth-order valence-corrected chi connectivity index (χ4v) is 4.64. The number of methoxy groups -OCH3 is 1. The van der Waals surface area contributed by atoms with Gasteiger partial charge < -0.3 is 14.2 Å². The van der Waals surface area contributed by atoms with Crippen LogP contribution >= 0.6 is 0 Å². The minimum atomic E-state index is -0.181. The number of likely N-dealkylation sites (tertiary alicyclic amines) is 1. The third kappa shape index (κ3) is 3.05. The predicted molar refractivity (Wildman–Crippen MR) is 88.6 cm³/mol. The Kier molecular flexibility index (Phi) is 4.74. The Balaban J connectivity index is 1.60. The molecule has 0 unspecified atom stereocenters. The minimum absolute atomic E-state index is 0.181. The van der Waals surface area contributed by atoms with E-state index in [-0.39, 0.29) is 11.9 Å². The van der Waals surface area contributed by atoms with E-state index in [1.807, 2.05) is 0 Å². The zero-order chi connectivity index (χ0) is 16.5. The van der Waals surface area contributed by atoms with Crippen LogP contribution in [-0.4, -0.2) is 51.5 Å². The van der Waals surface area contributed by atoms with Crippen molar-refractivity contribution >= 4 is 0 Å². The molecule has 1 aromatic carbocycles. The number of nitrogens with zero attached hydrogens (tertiary/aromatic N) is 1. The van der Waals surface area contributed by atoms with Crippen molar-refractivity contribution in [3.05, 3.63) is 29.6 Å². The van der Waals surface area contributed by atoms with Crippen LogP contribution in [0.3, 0.4) is 0 Å². The lowest BCUT2D eigenvalue weighted by Crippen LogP contribution is -2.36. The van der Waals surface area contributed by atoms with Crippen LogP contribution in [0.15, 0.2) is 18.2 Å². The second kappa shape index (κ2) is 6.98. The van der Waals surface area contributed by atoms with Crippen LogP contribution in [-0.2, 0) is 9.47 Å². The largest absolute Gasteiger partial charge is 0.493 e.